The molecule has 0 aliphatic carbocycles. The second kappa shape index (κ2) is 6.47. The van der Waals surface area contributed by atoms with Crippen LogP contribution >= 0.6 is 0 Å². The maximum atomic E-state index is 14.0. The number of nitrogens with zero attached hydrogens (tertiary/aromatic N) is 1. The lowest BCUT2D eigenvalue weighted by Crippen LogP contribution is -2.25. The van der Waals surface area contributed by atoms with Gasteiger partial charge in [-0.2, -0.15) is 0 Å². The van der Waals surface area contributed by atoms with Crippen molar-refractivity contribution in [2.75, 3.05) is 30.4 Å². The summed E-state index contributed by atoms with van der Waals surface area (Å²) < 4.78 is 14.0. The Balaban J connectivity index is 2.06. The molecule has 0 aromatic heterocycles. The van der Waals surface area contributed by atoms with E-state index in [1.165, 1.54) is 17.0 Å². The number of hydrogen-bond acceptors (Lipinski definition) is 3. The molecule has 108 valence electrons. The third-order valence-corrected chi connectivity index (χ3v) is 3.20. The Morgan fingerprint density at radius 1 is 1.45 bits per heavy atom. The van der Waals surface area contributed by atoms with E-state index in [2.05, 4.69) is 10.6 Å². The molecular formula is C14H18FN3O2. The average Bonchev–Trinajstić information content (AvgIpc) is 2.83. The van der Waals surface area contributed by atoms with Crippen molar-refractivity contribution in [2.45, 2.75) is 19.3 Å². The van der Waals surface area contributed by atoms with E-state index in [9.17, 15) is 14.0 Å². The highest BCUT2D eigenvalue weighted by molar-refractivity contribution is 5.96. The van der Waals surface area contributed by atoms with Crippen molar-refractivity contribution >= 4 is 23.2 Å². The maximum Gasteiger partial charge on any atom is 0.227 e. The lowest BCUT2D eigenvalue weighted by Gasteiger charge is -2.17. The van der Waals surface area contributed by atoms with Gasteiger partial charge in [-0.3, -0.25) is 9.59 Å². The van der Waals surface area contributed by atoms with Crippen molar-refractivity contribution in [1.82, 2.24) is 5.32 Å². The van der Waals surface area contributed by atoms with Crippen molar-refractivity contribution < 1.29 is 14.0 Å². The third kappa shape index (κ3) is 3.33. The summed E-state index contributed by atoms with van der Waals surface area (Å²) >= 11 is 0. The van der Waals surface area contributed by atoms with Crippen LogP contribution in [-0.4, -0.2) is 32.0 Å². The highest BCUT2D eigenvalue weighted by Gasteiger charge is 2.24. The number of hydrogen-bond donors (Lipinski definition) is 2. The smallest absolute Gasteiger partial charge is 0.227 e. The van der Waals surface area contributed by atoms with Gasteiger partial charge < -0.3 is 15.5 Å². The van der Waals surface area contributed by atoms with Gasteiger partial charge in [0.2, 0.25) is 11.8 Å². The van der Waals surface area contributed by atoms with Crippen LogP contribution in [0, 0.1) is 5.82 Å². The topological polar surface area (TPSA) is 61.4 Å². The number of rotatable bonds is 5. The highest BCUT2D eigenvalue weighted by atomic mass is 19.1. The Bertz CT molecular complexity index is 519. The first-order valence-corrected chi connectivity index (χ1v) is 6.66. The Morgan fingerprint density at radius 3 is 2.85 bits per heavy atom. The van der Waals surface area contributed by atoms with E-state index < -0.39 is 5.82 Å². The molecule has 0 saturated carbocycles. The van der Waals surface area contributed by atoms with Crippen LogP contribution < -0.4 is 15.5 Å². The molecule has 20 heavy (non-hydrogen) atoms. The molecule has 2 rings (SSSR count). The molecule has 1 aromatic carbocycles. The second-order valence-electron chi connectivity index (χ2n) is 4.72. The van der Waals surface area contributed by atoms with Crippen molar-refractivity contribution in [2.24, 2.45) is 0 Å². The predicted octanol–water partition coefficient (Wildman–Crippen LogP) is 1.50. The van der Waals surface area contributed by atoms with E-state index in [0.717, 1.165) is 6.42 Å². The van der Waals surface area contributed by atoms with E-state index in [0.29, 0.717) is 31.6 Å². The van der Waals surface area contributed by atoms with Gasteiger partial charge in [-0.05, 0) is 31.7 Å². The van der Waals surface area contributed by atoms with Crippen molar-refractivity contribution in [1.29, 1.82) is 0 Å². The molecule has 1 fully saturated rings. The third-order valence-electron chi connectivity index (χ3n) is 3.20. The number of anilines is 2. The summed E-state index contributed by atoms with van der Waals surface area (Å²) in [6.45, 7) is 1.11. The quantitative estimate of drug-likeness (QED) is 0.858. The minimum atomic E-state index is -0.494. The van der Waals surface area contributed by atoms with Crippen molar-refractivity contribution in [3.8, 4) is 0 Å². The summed E-state index contributed by atoms with van der Waals surface area (Å²) in [5.41, 5.74) is 0.680. The first kappa shape index (κ1) is 14.5. The van der Waals surface area contributed by atoms with Gasteiger partial charge in [-0.15, -0.1) is 0 Å². The van der Waals surface area contributed by atoms with E-state index in [1.807, 2.05) is 0 Å². The summed E-state index contributed by atoms with van der Waals surface area (Å²) in [7, 11) is 1.76. The van der Waals surface area contributed by atoms with Crippen LogP contribution in [-0.2, 0) is 9.59 Å². The minimum absolute atomic E-state index is 0.0605. The SMILES string of the molecule is CNCCC(=O)Nc1ccc(N2CCCC2=O)c(F)c1. The number of halogens is 1. The molecule has 2 N–H and O–H groups in total. The molecule has 1 saturated heterocycles. The minimum Gasteiger partial charge on any atom is -0.326 e. The molecule has 1 aliphatic rings. The molecular weight excluding hydrogens is 261 g/mol. The van der Waals surface area contributed by atoms with E-state index in [1.54, 1.807) is 13.1 Å². The van der Waals surface area contributed by atoms with Crippen LogP contribution in [0.2, 0.25) is 0 Å². The predicted molar refractivity (Wildman–Crippen MR) is 75.2 cm³/mol. The van der Waals surface area contributed by atoms with Crippen molar-refractivity contribution in [3.05, 3.63) is 24.0 Å². The van der Waals surface area contributed by atoms with Gasteiger partial charge in [-0.25, -0.2) is 4.39 Å². The Kier molecular flexibility index (Phi) is 4.68. The fourth-order valence-electron chi connectivity index (χ4n) is 2.17. The summed E-state index contributed by atoms with van der Waals surface area (Å²) in [6.07, 6.45) is 1.53. The number of amides is 2. The van der Waals surface area contributed by atoms with E-state index in [4.69, 9.17) is 0 Å². The Morgan fingerprint density at radius 2 is 2.25 bits per heavy atom. The first-order valence-electron chi connectivity index (χ1n) is 6.66. The molecule has 0 atom stereocenters. The first-order chi connectivity index (χ1) is 9.61. The largest absolute Gasteiger partial charge is 0.326 e. The van der Waals surface area contributed by atoms with Gasteiger partial charge in [0.05, 0.1) is 5.69 Å². The molecule has 1 heterocycles. The zero-order chi connectivity index (χ0) is 14.5. The van der Waals surface area contributed by atoms with Gasteiger partial charge >= 0.3 is 0 Å². The average molecular weight is 279 g/mol. The number of benzene rings is 1. The zero-order valence-corrected chi connectivity index (χ0v) is 11.4. The normalized spacial score (nSPS) is 14.7. The molecule has 2 amide bonds. The molecule has 0 bridgehead atoms. The summed E-state index contributed by atoms with van der Waals surface area (Å²) in [5.74, 6) is -0.731. The van der Waals surface area contributed by atoms with Gasteiger partial charge in [0, 0.05) is 31.6 Å². The van der Waals surface area contributed by atoms with Gasteiger partial charge in [-0.1, -0.05) is 0 Å². The summed E-state index contributed by atoms with van der Waals surface area (Å²) in [4.78, 5) is 24.6. The lowest BCUT2D eigenvalue weighted by molar-refractivity contribution is -0.117. The fraction of sp³-hybridized carbons (Fsp3) is 0.429. The zero-order valence-electron chi connectivity index (χ0n) is 11.4. The standard InChI is InChI=1S/C14H18FN3O2/c1-16-7-6-13(19)17-10-4-5-12(11(15)9-10)18-8-2-3-14(18)20/h4-5,9,16H,2-3,6-8H2,1H3,(H,17,19). The summed E-state index contributed by atoms with van der Waals surface area (Å²) in [5, 5.41) is 5.49. The Hall–Kier alpha value is -1.95. The number of carbonyl (C=O) groups is 2. The highest BCUT2D eigenvalue weighted by Crippen LogP contribution is 2.26. The van der Waals surface area contributed by atoms with E-state index in [-0.39, 0.29) is 17.5 Å². The monoisotopic (exact) mass is 279 g/mol. The molecule has 6 heteroatoms. The van der Waals surface area contributed by atoms with Gasteiger partial charge in [0.25, 0.3) is 0 Å². The van der Waals surface area contributed by atoms with Crippen molar-refractivity contribution in [3.63, 3.8) is 0 Å². The van der Waals surface area contributed by atoms with Crippen LogP contribution in [0.25, 0.3) is 0 Å². The number of nitrogens with one attached hydrogen (secondary N) is 2. The summed E-state index contributed by atoms with van der Waals surface area (Å²) in [6, 6.07) is 4.39. The van der Waals surface area contributed by atoms with Gasteiger partial charge in [0.1, 0.15) is 5.82 Å². The van der Waals surface area contributed by atoms with Gasteiger partial charge in [0.15, 0.2) is 0 Å². The second-order valence-corrected chi connectivity index (χ2v) is 4.72. The van der Waals surface area contributed by atoms with Crippen LogP contribution in [0.1, 0.15) is 19.3 Å². The molecule has 5 nitrogen and oxygen atoms in total. The molecule has 0 radical (unpaired) electrons. The molecule has 0 spiro atoms. The van der Waals surface area contributed by atoms with E-state index >= 15 is 0 Å². The molecule has 0 unspecified atom stereocenters. The lowest BCUT2D eigenvalue weighted by atomic mass is 10.2. The molecule has 1 aliphatic heterocycles. The fourth-order valence-corrected chi connectivity index (χ4v) is 2.17. The molecule has 1 aromatic rings. The van der Waals surface area contributed by atoms with Crippen LogP contribution in [0.15, 0.2) is 18.2 Å². The number of carbonyl (C=O) groups excluding carboxylic acids is 2. The van der Waals surface area contributed by atoms with Crippen LogP contribution in [0.5, 0.6) is 0 Å². The maximum absolute atomic E-state index is 14.0. The van der Waals surface area contributed by atoms with Crippen LogP contribution in [0.4, 0.5) is 15.8 Å². The van der Waals surface area contributed by atoms with Crippen LogP contribution in [0.3, 0.4) is 0 Å². The Labute approximate surface area is 117 Å².